The van der Waals surface area contributed by atoms with Crippen molar-refractivity contribution < 1.29 is 23.9 Å². The maximum absolute atomic E-state index is 12.0. The molecule has 0 radical (unpaired) electrons. The van der Waals surface area contributed by atoms with Crippen LogP contribution in [-0.4, -0.2) is 36.6 Å². The van der Waals surface area contributed by atoms with Crippen molar-refractivity contribution >= 4 is 29.1 Å². The van der Waals surface area contributed by atoms with Crippen molar-refractivity contribution in [3.05, 3.63) is 29.3 Å². The Morgan fingerprint density at radius 3 is 2.62 bits per heavy atom. The van der Waals surface area contributed by atoms with Crippen molar-refractivity contribution in [1.29, 1.82) is 0 Å². The molecule has 1 aromatic carbocycles. The molecule has 1 heterocycles. The predicted molar refractivity (Wildman–Crippen MR) is 74.1 cm³/mol. The minimum absolute atomic E-state index is 0.190. The van der Waals surface area contributed by atoms with Crippen molar-refractivity contribution in [3.8, 4) is 0 Å². The minimum atomic E-state index is -0.739. The number of carbonyl (C=O) groups is 4. The normalized spacial score (nSPS) is 13.3. The van der Waals surface area contributed by atoms with E-state index < -0.39 is 29.9 Å². The molecular weight excluding hydrogens is 274 g/mol. The predicted octanol–water partition coefficient (Wildman–Crippen LogP) is 1.05. The lowest BCUT2D eigenvalue weighted by Gasteiger charge is -2.17. The smallest absolute Gasteiger partial charge is 0.313 e. The zero-order valence-corrected chi connectivity index (χ0v) is 11.8. The molecule has 0 saturated carbocycles. The Morgan fingerprint density at radius 2 is 1.95 bits per heavy atom. The summed E-state index contributed by atoms with van der Waals surface area (Å²) in [6, 6.07) is 5.00. The van der Waals surface area contributed by atoms with E-state index in [1.54, 1.807) is 32.0 Å². The molecular formula is C15H15NO5. The van der Waals surface area contributed by atoms with E-state index in [1.807, 2.05) is 0 Å². The lowest BCUT2D eigenvalue weighted by Crippen LogP contribution is -2.35. The molecule has 1 aromatic rings. The molecule has 0 bridgehead atoms. The quantitative estimate of drug-likeness (QED) is 0.460. The summed E-state index contributed by atoms with van der Waals surface area (Å²) in [5.74, 6) is -2.47. The number of nitrogens with zero attached hydrogens (tertiary/aromatic N) is 1. The van der Waals surface area contributed by atoms with Gasteiger partial charge in [0.05, 0.1) is 24.4 Å². The van der Waals surface area contributed by atoms with E-state index in [4.69, 9.17) is 0 Å². The first-order valence-electron chi connectivity index (χ1n) is 6.58. The summed E-state index contributed by atoms with van der Waals surface area (Å²) in [7, 11) is 0. The average molecular weight is 289 g/mol. The number of carbonyl (C=O) groups excluding carboxylic acids is 4. The number of rotatable bonds is 5. The van der Waals surface area contributed by atoms with Crippen LogP contribution in [0.2, 0.25) is 0 Å². The third-order valence-corrected chi connectivity index (χ3v) is 3.17. The van der Waals surface area contributed by atoms with Gasteiger partial charge in [0.1, 0.15) is 6.42 Å². The number of amides is 1. The highest BCUT2D eigenvalue weighted by molar-refractivity contribution is 6.52. The fourth-order valence-corrected chi connectivity index (χ4v) is 2.30. The Morgan fingerprint density at radius 1 is 1.24 bits per heavy atom. The van der Waals surface area contributed by atoms with Crippen molar-refractivity contribution in [2.75, 3.05) is 18.1 Å². The van der Waals surface area contributed by atoms with Crippen LogP contribution in [0.15, 0.2) is 18.2 Å². The summed E-state index contributed by atoms with van der Waals surface area (Å²) in [6.45, 7) is 3.29. The summed E-state index contributed by atoms with van der Waals surface area (Å²) in [6.07, 6.45) is -0.410. The highest BCUT2D eigenvalue weighted by Gasteiger charge is 2.37. The van der Waals surface area contributed by atoms with E-state index >= 15 is 0 Å². The van der Waals surface area contributed by atoms with Gasteiger partial charge < -0.3 is 4.74 Å². The van der Waals surface area contributed by atoms with Gasteiger partial charge in [-0.1, -0.05) is 12.1 Å². The van der Waals surface area contributed by atoms with Gasteiger partial charge in [-0.25, -0.2) is 0 Å². The zero-order chi connectivity index (χ0) is 15.6. The van der Waals surface area contributed by atoms with Crippen LogP contribution in [-0.2, 0) is 19.1 Å². The molecule has 21 heavy (non-hydrogen) atoms. The number of ether oxygens (including phenoxy) is 1. The van der Waals surface area contributed by atoms with Gasteiger partial charge in [0, 0.05) is 0 Å². The van der Waals surface area contributed by atoms with E-state index in [1.165, 1.54) is 0 Å². The third kappa shape index (κ3) is 2.84. The maximum atomic E-state index is 12.0. The summed E-state index contributed by atoms with van der Waals surface area (Å²) < 4.78 is 4.69. The van der Waals surface area contributed by atoms with Gasteiger partial charge in [0.15, 0.2) is 5.78 Å². The fourth-order valence-electron chi connectivity index (χ4n) is 2.30. The number of para-hydroxylation sites is 1. The zero-order valence-electron chi connectivity index (χ0n) is 11.8. The highest BCUT2D eigenvalue weighted by atomic mass is 16.5. The standard InChI is InChI=1S/C15H15NO5/c1-3-21-12(18)7-10(17)8-16-13-9(2)5-4-6-11(13)14(19)15(16)20/h4-6H,3,7-8H2,1-2H3. The van der Waals surface area contributed by atoms with Crippen molar-refractivity contribution in [3.63, 3.8) is 0 Å². The van der Waals surface area contributed by atoms with Gasteiger partial charge in [-0.15, -0.1) is 0 Å². The van der Waals surface area contributed by atoms with Crippen LogP contribution in [0.1, 0.15) is 29.3 Å². The number of esters is 1. The summed E-state index contributed by atoms with van der Waals surface area (Å²) in [5, 5.41) is 0. The molecule has 110 valence electrons. The van der Waals surface area contributed by atoms with Crippen LogP contribution < -0.4 is 4.90 Å². The van der Waals surface area contributed by atoms with Crippen LogP contribution in [0.25, 0.3) is 0 Å². The van der Waals surface area contributed by atoms with Crippen molar-refractivity contribution in [2.24, 2.45) is 0 Å². The number of fused-ring (bicyclic) bond motifs is 1. The molecule has 1 amide bonds. The Hall–Kier alpha value is -2.50. The second-order valence-electron chi connectivity index (χ2n) is 4.71. The van der Waals surface area contributed by atoms with Gasteiger partial charge in [-0.3, -0.25) is 24.1 Å². The van der Waals surface area contributed by atoms with E-state index in [-0.39, 0.29) is 13.2 Å². The lowest BCUT2D eigenvalue weighted by molar-refractivity contribution is -0.145. The minimum Gasteiger partial charge on any atom is -0.466 e. The highest BCUT2D eigenvalue weighted by Crippen LogP contribution is 2.31. The molecule has 0 fully saturated rings. The summed E-state index contributed by atoms with van der Waals surface area (Å²) in [4.78, 5) is 48.1. The molecule has 0 saturated heterocycles. The molecule has 6 nitrogen and oxygen atoms in total. The van der Waals surface area contributed by atoms with Gasteiger partial charge in [-0.2, -0.15) is 0 Å². The molecule has 0 N–H and O–H groups in total. The Bertz CT molecular complexity index is 635. The average Bonchev–Trinajstić information content (AvgIpc) is 2.65. The maximum Gasteiger partial charge on any atom is 0.313 e. The Kier molecular flexibility index (Phi) is 4.16. The van der Waals surface area contributed by atoms with Crippen molar-refractivity contribution in [2.45, 2.75) is 20.3 Å². The van der Waals surface area contributed by atoms with Gasteiger partial charge in [0.2, 0.25) is 0 Å². The molecule has 2 rings (SSSR count). The lowest BCUT2D eigenvalue weighted by atomic mass is 10.1. The number of Topliss-reactive ketones (excluding diaryl/α,β-unsaturated/α-hetero) is 2. The molecule has 0 unspecified atom stereocenters. The molecule has 1 aliphatic heterocycles. The van der Waals surface area contributed by atoms with Gasteiger partial charge >= 0.3 is 5.97 Å². The van der Waals surface area contributed by atoms with Crippen LogP contribution in [0, 0.1) is 6.92 Å². The molecule has 0 aromatic heterocycles. The second kappa shape index (κ2) is 5.87. The first kappa shape index (κ1) is 14.9. The van der Waals surface area contributed by atoms with E-state index in [2.05, 4.69) is 4.74 Å². The number of hydrogen-bond acceptors (Lipinski definition) is 5. The van der Waals surface area contributed by atoms with Crippen LogP contribution in [0.4, 0.5) is 5.69 Å². The molecule has 0 aliphatic carbocycles. The van der Waals surface area contributed by atoms with Gasteiger partial charge in [-0.05, 0) is 25.5 Å². The van der Waals surface area contributed by atoms with E-state index in [9.17, 15) is 19.2 Å². The molecule has 0 spiro atoms. The second-order valence-corrected chi connectivity index (χ2v) is 4.71. The third-order valence-electron chi connectivity index (χ3n) is 3.17. The SMILES string of the molecule is CCOC(=O)CC(=O)CN1C(=O)C(=O)c2cccc(C)c21. The molecule has 6 heteroatoms. The van der Waals surface area contributed by atoms with E-state index in [0.29, 0.717) is 11.3 Å². The number of ketones is 2. The topological polar surface area (TPSA) is 80.8 Å². The van der Waals surface area contributed by atoms with Crippen LogP contribution in [0.3, 0.4) is 0 Å². The van der Waals surface area contributed by atoms with Gasteiger partial charge in [0.25, 0.3) is 11.7 Å². The summed E-state index contributed by atoms with van der Waals surface area (Å²) >= 11 is 0. The van der Waals surface area contributed by atoms with Crippen LogP contribution >= 0.6 is 0 Å². The summed E-state index contributed by atoms with van der Waals surface area (Å²) in [5.41, 5.74) is 1.48. The Balaban J connectivity index is 2.18. The first-order chi connectivity index (χ1) is 9.95. The number of anilines is 1. The van der Waals surface area contributed by atoms with Crippen molar-refractivity contribution in [1.82, 2.24) is 0 Å². The van der Waals surface area contributed by atoms with Crippen LogP contribution in [0.5, 0.6) is 0 Å². The number of aryl methyl sites for hydroxylation is 1. The largest absolute Gasteiger partial charge is 0.466 e. The monoisotopic (exact) mass is 289 g/mol. The number of benzene rings is 1. The number of hydrogen-bond donors (Lipinski definition) is 0. The fraction of sp³-hybridized carbons (Fsp3) is 0.333. The molecule has 0 atom stereocenters. The Labute approximate surface area is 121 Å². The first-order valence-corrected chi connectivity index (χ1v) is 6.58. The van der Waals surface area contributed by atoms with E-state index in [0.717, 1.165) is 10.5 Å². The molecule has 1 aliphatic rings.